The number of fused-ring (bicyclic) bond motifs is 1. The van der Waals surface area contributed by atoms with Gasteiger partial charge in [-0.1, -0.05) is 18.2 Å². The summed E-state index contributed by atoms with van der Waals surface area (Å²) in [6.45, 7) is 2.37. The Hall–Kier alpha value is -2.47. The van der Waals surface area contributed by atoms with Gasteiger partial charge in [0.1, 0.15) is 5.69 Å². The third-order valence-corrected chi connectivity index (χ3v) is 3.99. The lowest BCUT2D eigenvalue weighted by atomic mass is 9.99. The van der Waals surface area contributed by atoms with Crippen molar-refractivity contribution in [2.24, 2.45) is 0 Å². The normalized spacial score (nSPS) is 16.8. The van der Waals surface area contributed by atoms with E-state index in [2.05, 4.69) is 15.3 Å². The first-order chi connectivity index (χ1) is 11.1. The van der Waals surface area contributed by atoms with E-state index in [9.17, 15) is 4.79 Å². The number of carbonyl (C=O) groups excluding carboxylic acids is 1. The van der Waals surface area contributed by atoms with E-state index in [4.69, 9.17) is 4.74 Å². The summed E-state index contributed by atoms with van der Waals surface area (Å²) in [4.78, 5) is 23.3. The molecule has 0 saturated carbocycles. The molecule has 0 bridgehead atoms. The van der Waals surface area contributed by atoms with Crippen LogP contribution in [0.2, 0.25) is 0 Å². The van der Waals surface area contributed by atoms with Crippen molar-refractivity contribution in [3.05, 3.63) is 47.3 Å². The average molecular weight is 312 g/mol. The first kappa shape index (κ1) is 15.4. The Balaban J connectivity index is 2.00. The van der Waals surface area contributed by atoms with Gasteiger partial charge in [0.2, 0.25) is 5.95 Å². The molecule has 0 saturated heterocycles. The molecular formula is C17H20N4O2. The van der Waals surface area contributed by atoms with Gasteiger partial charge < -0.3 is 15.0 Å². The number of amides is 1. The molecule has 1 aliphatic rings. The number of para-hydroxylation sites is 1. The molecule has 6 nitrogen and oxygen atoms in total. The van der Waals surface area contributed by atoms with Crippen LogP contribution in [-0.2, 0) is 11.2 Å². The van der Waals surface area contributed by atoms with Crippen LogP contribution in [0.25, 0.3) is 0 Å². The van der Waals surface area contributed by atoms with Gasteiger partial charge in [0.15, 0.2) is 0 Å². The number of ether oxygens (including phenoxy) is 1. The average Bonchev–Trinajstić information content (AvgIpc) is 2.59. The Morgan fingerprint density at radius 1 is 1.35 bits per heavy atom. The standard InChI is InChI=1S/C17H20N4O2/c1-11-8-14(20-17(18-2)19-11)16(22)21-10-13(23-3)9-12-6-4-5-7-15(12)21/h4-8,13H,9-10H2,1-3H3,(H,18,19,20). The molecule has 2 heterocycles. The van der Waals surface area contributed by atoms with E-state index in [-0.39, 0.29) is 12.0 Å². The zero-order chi connectivity index (χ0) is 16.4. The maximum atomic E-state index is 13.0. The van der Waals surface area contributed by atoms with Crippen molar-refractivity contribution in [3.8, 4) is 0 Å². The van der Waals surface area contributed by atoms with Crippen molar-refractivity contribution in [2.45, 2.75) is 19.4 Å². The summed E-state index contributed by atoms with van der Waals surface area (Å²) in [6.07, 6.45) is 0.793. The van der Waals surface area contributed by atoms with Crippen LogP contribution in [0.15, 0.2) is 30.3 Å². The van der Waals surface area contributed by atoms with Crippen molar-refractivity contribution >= 4 is 17.5 Å². The number of rotatable bonds is 3. The number of hydrogen-bond acceptors (Lipinski definition) is 5. The summed E-state index contributed by atoms with van der Waals surface area (Å²) < 4.78 is 5.49. The lowest BCUT2D eigenvalue weighted by Crippen LogP contribution is -2.43. The van der Waals surface area contributed by atoms with Crippen LogP contribution in [-0.4, -0.2) is 42.7 Å². The Morgan fingerprint density at radius 2 is 2.13 bits per heavy atom. The van der Waals surface area contributed by atoms with Crippen LogP contribution in [0.4, 0.5) is 11.6 Å². The Bertz CT molecular complexity index is 732. The van der Waals surface area contributed by atoms with Crippen molar-refractivity contribution in [1.82, 2.24) is 9.97 Å². The monoisotopic (exact) mass is 312 g/mol. The molecule has 1 aromatic carbocycles. The predicted molar refractivity (Wildman–Crippen MR) is 88.9 cm³/mol. The number of anilines is 2. The Kier molecular flexibility index (Phi) is 4.25. The van der Waals surface area contributed by atoms with E-state index in [1.54, 1.807) is 25.1 Å². The lowest BCUT2D eigenvalue weighted by molar-refractivity contribution is 0.0866. The van der Waals surface area contributed by atoms with Gasteiger partial charge >= 0.3 is 0 Å². The van der Waals surface area contributed by atoms with Crippen LogP contribution in [0.5, 0.6) is 0 Å². The van der Waals surface area contributed by atoms with Crippen LogP contribution in [0.1, 0.15) is 21.7 Å². The molecule has 6 heteroatoms. The number of methoxy groups -OCH3 is 1. The summed E-state index contributed by atoms with van der Waals surface area (Å²) in [7, 11) is 3.41. The number of aryl methyl sites for hydroxylation is 1. The van der Waals surface area contributed by atoms with Gasteiger partial charge in [-0.3, -0.25) is 4.79 Å². The maximum absolute atomic E-state index is 13.0. The number of benzene rings is 1. The third-order valence-electron chi connectivity index (χ3n) is 3.99. The molecule has 23 heavy (non-hydrogen) atoms. The summed E-state index contributed by atoms with van der Waals surface area (Å²) in [5, 5.41) is 2.89. The van der Waals surface area contributed by atoms with E-state index in [1.807, 2.05) is 31.2 Å². The minimum Gasteiger partial charge on any atom is -0.379 e. The largest absolute Gasteiger partial charge is 0.379 e. The zero-order valence-corrected chi connectivity index (χ0v) is 13.5. The quantitative estimate of drug-likeness (QED) is 0.939. The van der Waals surface area contributed by atoms with Crippen molar-refractivity contribution in [2.75, 3.05) is 30.9 Å². The van der Waals surface area contributed by atoms with Crippen molar-refractivity contribution < 1.29 is 9.53 Å². The molecule has 120 valence electrons. The van der Waals surface area contributed by atoms with E-state index >= 15 is 0 Å². The molecule has 1 amide bonds. The summed E-state index contributed by atoms with van der Waals surface area (Å²) in [5.74, 6) is 0.308. The fraction of sp³-hybridized carbons (Fsp3) is 0.353. The topological polar surface area (TPSA) is 67.4 Å². The first-order valence-electron chi connectivity index (χ1n) is 7.58. The highest BCUT2D eigenvalue weighted by molar-refractivity contribution is 6.05. The second-order valence-electron chi connectivity index (χ2n) is 5.57. The molecule has 1 unspecified atom stereocenters. The molecule has 1 N–H and O–H groups in total. The number of carbonyl (C=O) groups is 1. The summed E-state index contributed by atoms with van der Waals surface area (Å²) in [6, 6.07) is 9.63. The highest BCUT2D eigenvalue weighted by atomic mass is 16.5. The number of hydrogen-bond donors (Lipinski definition) is 1. The first-order valence-corrected chi connectivity index (χ1v) is 7.58. The third kappa shape index (κ3) is 3.03. The minimum absolute atomic E-state index is 0.0134. The molecule has 0 aliphatic carbocycles. The zero-order valence-electron chi connectivity index (χ0n) is 13.5. The molecule has 1 aromatic heterocycles. The second-order valence-corrected chi connectivity index (χ2v) is 5.57. The molecule has 0 fully saturated rings. The van der Waals surface area contributed by atoms with Gasteiger partial charge in [0.05, 0.1) is 12.6 Å². The van der Waals surface area contributed by atoms with Crippen LogP contribution < -0.4 is 10.2 Å². The van der Waals surface area contributed by atoms with Crippen molar-refractivity contribution in [3.63, 3.8) is 0 Å². The maximum Gasteiger partial charge on any atom is 0.277 e. The van der Waals surface area contributed by atoms with Gasteiger partial charge in [0.25, 0.3) is 5.91 Å². The van der Waals surface area contributed by atoms with E-state index in [1.165, 1.54) is 0 Å². The smallest absolute Gasteiger partial charge is 0.277 e. The highest BCUT2D eigenvalue weighted by Crippen LogP contribution is 2.29. The van der Waals surface area contributed by atoms with Crippen LogP contribution in [0.3, 0.4) is 0 Å². The van der Waals surface area contributed by atoms with Gasteiger partial charge in [-0.2, -0.15) is 0 Å². The molecule has 0 radical (unpaired) electrons. The fourth-order valence-electron chi connectivity index (χ4n) is 2.84. The predicted octanol–water partition coefficient (Wildman–Crippen LogP) is 2.04. The number of nitrogens with zero attached hydrogens (tertiary/aromatic N) is 3. The van der Waals surface area contributed by atoms with E-state index in [0.29, 0.717) is 18.2 Å². The Morgan fingerprint density at radius 3 is 2.87 bits per heavy atom. The SMILES string of the molecule is CNc1nc(C)cc(C(=O)N2CC(OC)Cc3ccccc32)n1. The molecule has 0 spiro atoms. The molecular weight excluding hydrogens is 292 g/mol. The van der Waals surface area contributed by atoms with Gasteiger partial charge in [-0.05, 0) is 24.6 Å². The van der Waals surface area contributed by atoms with Crippen LogP contribution in [0, 0.1) is 6.92 Å². The second kappa shape index (κ2) is 6.34. The Labute approximate surface area is 135 Å². The number of nitrogens with one attached hydrogen (secondary N) is 1. The van der Waals surface area contributed by atoms with E-state index < -0.39 is 0 Å². The van der Waals surface area contributed by atoms with E-state index in [0.717, 1.165) is 23.4 Å². The van der Waals surface area contributed by atoms with Gasteiger partial charge in [-0.15, -0.1) is 0 Å². The van der Waals surface area contributed by atoms with Crippen LogP contribution >= 0.6 is 0 Å². The molecule has 1 aliphatic heterocycles. The molecule has 3 rings (SSSR count). The van der Waals surface area contributed by atoms with Gasteiger partial charge in [-0.25, -0.2) is 9.97 Å². The lowest BCUT2D eigenvalue weighted by Gasteiger charge is -2.33. The molecule has 1 atom stereocenters. The minimum atomic E-state index is -0.138. The van der Waals surface area contributed by atoms with Crippen molar-refractivity contribution in [1.29, 1.82) is 0 Å². The summed E-state index contributed by atoms with van der Waals surface area (Å²) >= 11 is 0. The summed E-state index contributed by atoms with van der Waals surface area (Å²) in [5.41, 5.74) is 3.17. The van der Waals surface area contributed by atoms with Gasteiger partial charge in [0, 0.05) is 32.0 Å². The molecule has 2 aromatic rings. The fourth-order valence-corrected chi connectivity index (χ4v) is 2.84. The number of aromatic nitrogens is 2. The highest BCUT2D eigenvalue weighted by Gasteiger charge is 2.29.